The summed E-state index contributed by atoms with van der Waals surface area (Å²) in [5.74, 6) is 0. The molecule has 0 saturated carbocycles. The van der Waals surface area contributed by atoms with E-state index in [0.29, 0.717) is 0 Å². The van der Waals surface area contributed by atoms with Gasteiger partial charge in [0.05, 0.1) is 0 Å². The van der Waals surface area contributed by atoms with E-state index in [1.54, 1.807) is 0 Å². The summed E-state index contributed by atoms with van der Waals surface area (Å²) in [4.78, 5) is 7.53. The topological polar surface area (TPSA) is 46.5 Å². The molecule has 3 nitrogen and oxygen atoms in total. The molecule has 0 aliphatic heterocycles. The summed E-state index contributed by atoms with van der Waals surface area (Å²) in [7, 11) is -4.62. The van der Waals surface area contributed by atoms with Crippen molar-refractivity contribution in [2.24, 2.45) is 0 Å². The number of halogens is 1. The van der Waals surface area contributed by atoms with Crippen molar-refractivity contribution in [3.8, 4) is 0 Å². The van der Waals surface area contributed by atoms with E-state index in [4.69, 9.17) is 4.89 Å². The van der Waals surface area contributed by atoms with E-state index in [9.17, 15) is 8.76 Å². The largest absolute Gasteiger partial charge is 1.00 e. The van der Waals surface area contributed by atoms with Gasteiger partial charge in [-0.15, -0.1) is 4.20 Å². The Balaban J connectivity index is -0.0000000417. The molecule has 0 aromatic heterocycles. The third-order valence-electron chi connectivity index (χ3n) is 0.225. The smallest absolute Gasteiger partial charge is 1.00 e. The molecule has 46 valence electrons. The second-order valence-electron chi connectivity index (χ2n) is 0.634. The van der Waals surface area contributed by atoms with Gasteiger partial charge in [0.25, 0.3) is 0 Å². The van der Waals surface area contributed by atoms with Crippen LogP contribution in [0.25, 0.3) is 0 Å². The van der Waals surface area contributed by atoms with Crippen LogP contribution in [-0.4, -0.2) is 32.7 Å². The van der Waals surface area contributed by atoms with Crippen molar-refractivity contribution in [3.63, 3.8) is 0 Å². The van der Waals surface area contributed by atoms with Crippen molar-refractivity contribution >= 4 is 35.8 Å². The van der Waals surface area contributed by atoms with E-state index in [2.05, 4.69) is 4.21 Å². The minimum absolute atomic E-state index is 0. The second-order valence-corrected chi connectivity index (χ2v) is 3.00. The minimum atomic E-state index is -4.58. The maximum Gasteiger partial charge on any atom is 1.00 e. The average molecular weight is 168 g/mol. The Morgan fingerprint density at radius 2 is 2.00 bits per heavy atom. The van der Waals surface area contributed by atoms with Crippen molar-refractivity contribution < 1.29 is 38.2 Å². The summed E-state index contributed by atoms with van der Waals surface area (Å²) in [6.07, 6.45) is 0. The van der Waals surface area contributed by atoms with Gasteiger partial charge in [-0.1, -0.05) is 0 Å². The minimum Gasteiger partial charge on any atom is -1.00 e. The Morgan fingerprint density at radius 3 is 2.00 bits per heavy atom. The van der Waals surface area contributed by atoms with E-state index in [1.807, 2.05) is 0 Å². The van der Waals surface area contributed by atoms with Gasteiger partial charge in [-0.2, -0.15) is 0 Å². The van der Waals surface area contributed by atoms with E-state index in [-0.39, 0.29) is 48.1 Å². The van der Waals surface area contributed by atoms with Crippen molar-refractivity contribution in [3.05, 3.63) is 0 Å². The molecule has 0 aliphatic carbocycles. The Kier molecular flexibility index (Phi) is 13.3. The monoisotopic (exact) mass is 168 g/mol. The maximum absolute atomic E-state index is 11.0. The van der Waals surface area contributed by atoms with Gasteiger partial charge >= 0.3 is 26.8 Å². The zero-order chi connectivity index (χ0) is 5.21. The Morgan fingerprint density at radius 1 is 1.88 bits per heavy atom. The van der Waals surface area contributed by atoms with Gasteiger partial charge in [0, 0.05) is 0 Å². The van der Waals surface area contributed by atoms with Crippen LogP contribution in [0.4, 0.5) is 4.20 Å². The summed E-state index contributed by atoms with van der Waals surface area (Å²) in [5.41, 5.74) is 0. The van der Waals surface area contributed by atoms with Gasteiger partial charge in [-0.05, 0) is 0 Å². The Bertz CT molecular complexity index is 87.9. The molecule has 0 bridgehead atoms. The maximum atomic E-state index is 11.0. The summed E-state index contributed by atoms with van der Waals surface area (Å²) in [6.45, 7) is 0. The molecular formula is H8AlFLiO3PSi. The van der Waals surface area contributed by atoms with E-state index >= 15 is 0 Å². The van der Waals surface area contributed by atoms with Gasteiger partial charge in [0.2, 0.25) is 0 Å². The van der Waals surface area contributed by atoms with E-state index in [1.165, 1.54) is 0 Å². The molecular weight excluding hydrogens is 160 g/mol. The van der Waals surface area contributed by atoms with E-state index < -0.39 is 7.91 Å². The van der Waals surface area contributed by atoms with E-state index in [0.717, 1.165) is 0 Å². The molecule has 0 saturated heterocycles. The van der Waals surface area contributed by atoms with Gasteiger partial charge < -0.3 is 5.64 Å². The second kappa shape index (κ2) is 6.55. The third kappa shape index (κ3) is 15.7. The first-order chi connectivity index (χ1) is 2.56. The number of hydrogen-bond acceptors (Lipinski definition) is 2. The first kappa shape index (κ1) is 16.2. The summed E-state index contributed by atoms with van der Waals surface area (Å²) >= 11 is 0. The van der Waals surface area contributed by atoms with Crippen molar-refractivity contribution in [2.75, 3.05) is 0 Å². The van der Waals surface area contributed by atoms with Crippen LogP contribution in [0.15, 0.2) is 0 Å². The van der Waals surface area contributed by atoms with Crippen molar-refractivity contribution in [1.82, 2.24) is 0 Å². The predicted octanol–water partition coefficient (Wildman–Crippen LogP) is -4.71. The van der Waals surface area contributed by atoms with Crippen LogP contribution in [0.1, 0.15) is 1.43 Å². The fourth-order valence-corrected chi connectivity index (χ4v) is 0. The molecule has 0 amide bonds. The summed E-state index contributed by atoms with van der Waals surface area (Å²) in [5, 5.41) is 0. The van der Waals surface area contributed by atoms with Crippen LogP contribution in [-0.2, 0) is 8.78 Å². The summed E-state index contributed by atoms with van der Waals surface area (Å²) < 4.78 is 23.8. The van der Waals surface area contributed by atoms with Crippen LogP contribution in [0, 0.1) is 0 Å². The van der Waals surface area contributed by atoms with Crippen LogP contribution in [0.3, 0.4) is 0 Å². The zero-order valence-electron chi connectivity index (χ0n) is 5.09. The molecule has 0 aliphatic rings. The molecule has 0 heterocycles. The van der Waals surface area contributed by atoms with Gasteiger partial charge in [0.15, 0.2) is 27.8 Å². The quantitative estimate of drug-likeness (QED) is 0.316. The van der Waals surface area contributed by atoms with Crippen LogP contribution in [0.5, 0.6) is 0 Å². The molecule has 8 heavy (non-hydrogen) atoms. The molecule has 8 heteroatoms. The molecule has 0 rings (SSSR count). The number of hydrogen-bond donors (Lipinski definition) is 1. The molecule has 1 atom stereocenters. The SMILES string of the molecule is O=P(O)(F)O[SiH3].[AlH3].[H-].[Li+]. The van der Waals surface area contributed by atoms with Gasteiger partial charge in [-0.25, -0.2) is 4.57 Å². The first-order valence-corrected chi connectivity index (χ1v) is 3.43. The van der Waals surface area contributed by atoms with Crippen LogP contribution >= 0.6 is 7.91 Å². The van der Waals surface area contributed by atoms with Crippen LogP contribution in [0.2, 0.25) is 0 Å². The molecule has 0 radical (unpaired) electrons. The Hall–Kier alpha value is 1.43. The molecule has 0 aromatic carbocycles. The predicted molar refractivity (Wildman–Crippen MR) is 33.0 cm³/mol. The Labute approximate surface area is 74.0 Å². The zero-order valence-corrected chi connectivity index (χ0v) is 6.98. The first-order valence-electron chi connectivity index (χ1n) is 1.14. The third-order valence-corrected chi connectivity index (χ3v) is 2.03. The average Bonchev–Trinajstić information content (AvgIpc) is 1.35. The fourth-order valence-electron chi connectivity index (χ4n) is 0. The van der Waals surface area contributed by atoms with Gasteiger partial charge in [0.1, 0.15) is 0 Å². The number of rotatable bonds is 1. The molecule has 0 fully saturated rings. The molecule has 1 unspecified atom stereocenters. The fraction of sp³-hybridized carbons (Fsp3) is 0. The van der Waals surface area contributed by atoms with Crippen molar-refractivity contribution in [2.45, 2.75) is 0 Å². The molecule has 0 aromatic rings. The van der Waals surface area contributed by atoms with Crippen LogP contribution < -0.4 is 18.9 Å². The molecule has 0 spiro atoms. The standard InChI is InChI=1S/Al.FH4O3PSi.Li.4H/c;1-5(2,3)4-6;;;;;/h;6H3,(H,2,3);;;;;/q;;+1;;;;-1. The van der Waals surface area contributed by atoms with Gasteiger partial charge in [-0.3, -0.25) is 4.89 Å². The van der Waals surface area contributed by atoms with Crippen molar-refractivity contribution in [1.29, 1.82) is 0 Å². The molecule has 1 N–H and O–H groups in total. The summed E-state index contributed by atoms with van der Waals surface area (Å²) in [6, 6.07) is 0. The normalized spacial score (nSPS) is 15.2.